The fourth-order valence-corrected chi connectivity index (χ4v) is 4.93. The maximum Gasteiger partial charge on any atom is 0.272 e. The molecule has 0 saturated heterocycles. The van der Waals surface area contributed by atoms with Crippen LogP contribution in [0.4, 0.5) is 20.2 Å². The van der Waals surface area contributed by atoms with Crippen LogP contribution in [0.15, 0.2) is 133 Å². The molecule has 0 aromatic heterocycles. The Balaban J connectivity index is 0.000000202. The fourth-order valence-electron chi connectivity index (χ4n) is 4.93. The minimum Gasteiger partial charge on any atom is -0.485 e. The van der Waals surface area contributed by atoms with Gasteiger partial charge in [-0.15, -0.1) is 0 Å². The number of nitrogens with zero attached hydrogens (tertiary/aromatic N) is 1. The molecule has 0 fully saturated rings. The molecule has 6 aromatic carbocycles. The van der Waals surface area contributed by atoms with E-state index in [0.717, 1.165) is 41.2 Å². The van der Waals surface area contributed by atoms with Gasteiger partial charge in [0.25, 0.3) is 5.69 Å². The molecule has 0 aliphatic rings. The number of nitrogen functional groups attached to an aromatic ring is 1. The molecule has 0 aliphatic carbocycles. The topological polar surface area (TPSA) is 106 Å². The van der Waals surface area contributed by atoms with E-state index in [2.05, 4.69) is 6.92 Å². The molecule has 0 heterocycles. The Hall–Kier alpha value is -6.42. The SMILES string of the molecule is CCc1ccc(Oc2ccc(N)cc2F)c(OCc2ccccc2)c1.CCc1ccc(Oc2ccc([N+](=O)[O-])cc2F)c(OCc2ccccc2)c1. The summed E-state index contributed by atoms with van der Waals surface area (Å²) in [5.41, 5.74) is 9.81. The third kappa shape index (κ3) is 10.3. The third-order valence-corrected chi connectivity index (χ3v) is 7.83. The van der Waals surface area contributed by atoms with Crippen LogP contribution in [-0.2, 0) is 26.1 Å². The van der Waals surface area contributed by atoms with Crippen molar-refractivity contribution in [2.24, 2.45) is 0 Å². The normalized spacial score (nSPS) is 10.5. The lowest BCUT2D eigenvalue weighted by atomic mass is 10.1. The molecular weight excluding hydrogens is 666 g/mol. The highest BCUT2D eigenvalue weighted by Gasteiger charge is 2.15. The van der Waals surface area contributed by atoms with E-state index in [1.165, 1.54) is 24.3 Å². The molecule has 0 amide bonds. The quantitative estimate of drug-likeness (QED) is 0.0724. The Morgan fingerprint density at radius 2 is 0.981 bits per heavy atom. The van der Waals surface area contributed by atoms with Gasteiger partial charge in [0.15, 0.2) is 46.1 Å². The summed E-state index contributed by atoms with van der Waals surface area (Å²) in [6.45, 7) is 4.84. The third-order valence-electron chi connectivity index (χ3n) is 7.83. The molecule has 6 rings (SSSR count). The molecule has 6 aromatic rings. The number of anilines is 1. The van der Waals surface area contributed by atoms with E-state index in [0.29, 0.717) is 41.9 Å². The van der Waals surface area contributed by atoms with Crippen molar-refractivity contribution >= 4 is 11.4 Å². The second-order valence-electron chi connectivity index (χ2n) is 11.6. The average molecular weight is 705 g/mol. The molecule has 0 atom stereocenters. The number of halogens is 2. The first-order valence-corrected chi connectivity index (χ1v) is 16.7. The molecule has 0 spiro atoms. The Bertz CT molecular complexity index is 2100. The number of rotatable bonds is 13. The summed E-state index contributed by atoms with van der Waals surface area (Å²) in [6.07, 6.45) is 1.69. The first-order valence-electron chi connectivity index (χ1n) is 16.7. The van der Waals surface area contributed by atoms with Crippen LogP contribution in [0, 0.1) is 21.7 Å². The summed E-state index contributed by atoms with van der Waals surface area (Å²) in [5, 5.41) is 10.7. The standard InChI is InChI=1S/C21H18FNO4.C21H20FNO2/c1-2-15-8-10-20(21(12-15)26-14-16-6-4-3-5-7-16)27-19-11-9-17(23(24)25)13-18(19)22;1-2-15-8-10-20(25-19-11-9-17(23)13-18(19)22)21(12-15)24-14-16-6-4-3-5-7-16/h3-13H,2,14H2,1H3;3-13H,2,14,23H2,1H3. The molecule has 266 valence electrons. The van der Waals surface area contributed by atoms with Gasteiger partial charge in [0.1, 0.15) is 13.2 Å². The van der Waals surface area contributed by atoms with Crippen molar-refractivity contribution in [1.82, 2.24) is 0 Å². The number of hydrogen-bond donors (Lipinski definition) is 1. The van der Waals surface area contributed by atoms with Crippen LogP contribution < -0.4 is 24.7 Å². The van der Waals surface area contributed by atoms with Crippen molar-refractivity contribution in [3.05, 3.63) is 177 Å². The monoisotopic (exact) mass is 704 g/mol. The predicted octanol–water partition coefficient (Wildman–Crippen LogP) is 11.0. The molecule has 0 bridgehead atoms. The molecule has 0 aliphatic heterocycles. The summed E-state index contributed by atoms with van der Waals surface area (Å²) in [6, 6.07) is 38.2. The van der Waals surface area contributed by atoms with Gasteiger partial charge in [-0.2, -0.15) is 0 Å². The highest BCUT2D eigenvalue weighted by atomic mass is 19.1. The van der Waals surface area contributed by atoms with Gasteiger partial charge in [-0.1, -0.05) is 86.6 Å². The van der Waals surface area contributed by atoms with Crippen molar-refractivity contribution in [1.29, 1.82) is 0 Å². The van der Waals surface area contributed by atoms with Crippen LogP contribution in [0.3, 0.4) is 0 Å². The number of benzene rings is 6. The lowest BCUT2D eigenvalue weighted by Crippen LogP contribution is -1.99. The van der Waals surface area contributed by atoms with Gasteiger partial charge in [-0.3, -0.25) is 10.1 Å². The zero-order valence-corrected chi connectivity index (χ0v) is 28.8. The van der Waals surface area contributed by atoms with E-state index in [9.17, 15) is 18.9 Å². The molecule has 10 heteroatoms. The van der Waals surface area contributed by atoms with Crippen LogP contribution in [-0.4, -0.2) is 4.92 Å². The van der Waals surface area contributed by atoms with Crippen LogP contribution >= 0.6 is 0 Å². The van der Waals surface area contributed by atoms with Gasteiger partial charge >= 0.3 is 0 Å². The van der Waals surface area contributed by atoms with Gasteiger partial charge in [0.05, 0.1) is 11.0 Å². The lowest BCUT2D eigenvalue weighted by Gasteiger charge is -2.14. The van der Waals surface area contributed by atoms with Gasteiger partial charge in [0, 0.05) is 17.8 Å². The minimum atomic E-state index is -0.808. The summed E-state index contributed by atoms with van der Waals surface area (Å²) in [7, 11) is 0. The maximum absolute atomic E-state index is 14.2. The Morgan fingerprint density at radius 3 is 1.40 bits per heavy atom. The second kappa shape index (κ2) is 18.0. The zero-order chi connectivity index (χ0) is 36.9. The fraction of sp³-hybridized carbons (Fsp3) is 0.143. The van der Waals surface area contributed by atoms with Gasteiger partial charge in [-0.05, 0) is 77.6 Å². The first-order chi connectivity index (χ1) is 25.2. The molecule has 0 saturated carbocycles. The first kappa shape index (κ1) is 36.9. The molecule has 8 nitrogen and oxygen atoms in total. The van der Waals surface area contributed by atoms with E-state index in [1.807, 2.05) is 91.9 Å². The largest absolute Gasteiger partial charge is 0.485 e. The molecule has 52 heavy (non-hydrogen) atoms. The smallest absolute Gasteiger partial charge is 0.272 e. The lowest BCUT2D eigenvalue weighted by molar-refractivity contribution is -0.385. The Labute approximate surface area is 301 Å². The van der Waals surface area contributed by atoms with Crippen LogP contribution in [0.5, 0.6) is 34.5 Å². The van der Waals surface area contributed by atoms with Crippen molar-refractivity contribution < 1.29 is 32.7 Å². The second-order valence-corrected chi connectivity index (χ2v) is 11.6. The number of hydrogen-bond acceptors (Lipinski definition) is 7. The summed E-state index contributed by atoms with van der Waals surface area (Å²) in [5.74, 6) is 0.576. The summed E-state index contributed by atoms with van der Waals surface area (Å²) in [4.78, 5) is 10.1. The van der Waals surface area contributed by atoms with Gasteiger partial charge in [0.2, 0.25) is 0 Å². The number of aryl methyl sites for hydroxylation is 2. The summed E-state index contributed by atoms with van der Waals surface area (Å²) >= 11 is 0. The number of nitro groups is 1. The van der Waals surface area contributed by atoms with E-state index in [4.69, 9.17) is 24.7 Å². The molecule has 2 N–H and O–H groups in total. The van der Waals surface area contributed by atoms with E-state index >= 15 is 0 Å². The van der Waals surface area contributed by atoms with E-state index < -0.39 is 16.6 Å². The number of nitro benzene ring substituents is 1. The van der Waals surface area contributed by atoms with Crippen molar-refractivity contribution in [2.45, 2.75) is 39.9 Å². The van der Waals surface area contributed by atoms with E-state index in [-0.39, 0.29) is 17.2 Å². The number of nitrogens with two attached hydrogens (primary N) is 1. The van der Waals surface area contributed by atoms with Crippen LogP contribution in [0.1, 0.15) is 36.1 Å². The van der Waals surface area contributed by atoms with E-state index in [1.54, 1.807) is 18.2 Å². The molecular formula is C42H38F2N2O6. The number of ether oxygens (including phenoxy) is 4. The summed E-state index contributed by atoms with van der Waals surface area (Å²) < 4.78 is 51.4. The van der Waals surface area contributed by atoms with Gasteiger partial charge < -0.3 is 24.7 Å². The highest BCUT2D eigenvalue weighted by Crippen LogP contribution is 2.36. The van der Waals surface area contributed by atoms with Crippen LogP contribution in [0.25, 0.3) is 0 Å². The Morgan fingerprint density at radius 1 is 0.538 bits per heavy atom. The minimum absolute atomic E-state index is 0.102. The molecule has 0 radical (unpaired) electrons. The highest BCUT2D eigenvalue weighted by molar-refractivity contribution is 5.49. The van der Waals surface area contributed by atoms with Crippen LogP contribution in [0.2, 0.25) is 0 Å². The van der Waals surface area contributed by atoms with Crippen molar-refractivity contribution in [2.75, 3.05) is 5.73 Å². The van der Waals surface area contributed by atoms with Gasteiger partial charge in [-0.25, -0.2) is 8.78 Å². The Kier molecular flexibility index (Phi) is 12.8. The zero-order valence-electron chi connectivity index (χ0n) is 28.8. The maximum atomic E-state index is 14.2. The van der Waals surface area contributed by atoms with Crippen molar-refractivity contribution in [3.8, 4) is 34.5 Å². The predicted molar refractivity (Wildman–Crippen MR) is 197 cm³/mol. The van der Waals surface area contributed by atoms with Crippen molar-refractivity contribution in [3.63, 3.8) is 0 Å². The number of non-ortho nitro benzene ring substituents is 1. The molecule has 0 unspecified atom stereocenters. The average Bonchev–Trinajstić information content (AvgIpc) is 3.16.